The maximum atomic E-state index is 12.3. The molecule has 2 N–H and O–H groups in total. The molecule has 0 heterocycles. The van der Waals surface area contributed by atoms with Crippen LogP contribution in [0.5, 0.6) is 0 Å². The van der Waals surface area contributed by atoms with Crippen LogP contribution >= 0.6 is 11.8 Å². The van der Waals surface area contributed by atoms with Crippen LogP contribution in [0, 0.1) is 0 Å². The van der Waals surface area contributed by atoms with Crippen LogP contribution in [-0.2, 0) is 16.6 Å². The minimum absolute atomic E-state index is 0.320. The molecule has 0 aliphatic heterocycles. The molecule has 114 valence electrons. The molecule has 0 spiro atoms. The molecule has 0 saturated heterocycles. The Morgan fingerprint density at radius 2 is 1.95 bits per heavy atom. The van der Waals surface area contributed by atoms with Crippen molar-refractivity contribution in [1.29, 1.82) is 0 Å². The lowest BCUT2D eigenvalue weighted by Gasteiger charge is -2.13. The highest BCUT2D eigenvalue weighted by Gasteiger charge is 2.17. The number of nitrogens with one attached hydrogen (secondary N) is 2. The lowest BCUT2D eigenvalue weighted by atomic mass is 10.2. The molecule has 0 fully saturated rings. The zero-order valence-electron chi connectivity index (χ0n) is 12.3. The first-order chi connectivity index (χ1) is 9.47. The van der Waals surface area contributed by atoms with Crippen molar-refractivity contribution in [3.05, 3.63) is 29.8 Å². The van der Waals surface area contributed by atoms with Gasteiger partial charge in [0.1, 0.15) is 0 Å². The second-order valence-corrected chi connectivity index (χ2v) is 7.61. The van der Waals surface area contributed by atoms with Gasteiger partial charge in [-0.2, -0.15) is 11.8 Å². The van der Waals surface area contributed by atoms with Gasteiger partial charge in [0.15, 0.2) is 0 Å². The molecular weight excluding hydrogens is 292 g/mol. The number of thioether (sulfide) groups is 1. The van der Waals surface area contributed by atoms with E-state index in [9.17, 15) is 8.42 Å². The quantitative estimate of drug-likeness (QED) is 0.686. The molecule has 1 rings (SSSR count). The van der Waals surface area contributed by atoms with Crippen LogP contribution in [0.25, 0.3) is 0 Å². The molecule has 1 aromatic carbocycles. The highest BCUT2D eigenvalue weighted by atomic mass is 32.2. The third-order valence-corrected chi connectivity index (χ3v) is 5.04. The van der Waals surface area contributed by atoms with Crippen LogP contribution in [0.3, 0.4) is 0 Å². The summed E-state index contributed by atoms with van der Waals surface area (Å²) in [5.41, 5.74) is 0.804. The molecule has 0 radical (unpaired) electrons. The van der Waals surface area contributed by atoms with Gasteiger partial charge in [-0.25, -0.2) is 13.1 Å². The first kappa shape index (κ1) is 17.5. The van der Waals surface area contributed by atoms with E-state index in [1.54, 1.807) is 23.9 Å². The van der Waals surface area contributed by atoms with Gasteiger partial charge in [-0.05, 0) is 30.1 Å². The van der Waals surface area contributed by atoms with Gasteiger partial charge in [-0.15, -0.1) is 0 Å². The summed E-state index contributed by atoms with van der Waals surface area (Å²) in [7, 11) is -3.42. The number of rotatable bonds is 9. The van der Waals surface area contributed by atoms with Gasteiger partial charge < -0.3 is 5.32 Å². The normalized spacial score (nSPS) is 12.0. The van der Waals surface area contributed by atoms with Crippen LogP contribution in [0.1, 0.15) is 25.8 Å². The first-order valence-electron chi connectivity index (χ1n) is 6.77. The molecular formula is C14H24N2O2S2. The summed E-state index contributed by atoms with van der Waals surface area (Å²) in [6.45, 7) is 5.12. The maximum absolute atomic E-state index is 12.3. The van der Waals surface area contributed by atoms with Crippen molar-refractivity contribution in [2.45, 2.75) is 37.8 Å². The van der Waals surface area contributed by atoms with E-state index < -0.39 is 10.0 Å². The third kappa shape index (κ3) is 5.83. The van der Waals surface area contributed by atoms with Crippen molar-refractivity contribution < 1.29 is 8.42 Å². The Hall–Kier alpha value is -0.560. The van der Waals surface area contributed by atoms with Gasteiger partial charge in [-0.1, -0.05) is 32.0 Å². The molecule has 0 unspecified atom stereocenters. The molecule has 6 heteroatoms. The molecule has 4 nitrogen and oxygen atoms in total. The molecule has 20 heavy (non-hydrogen) atoms. The average molecular weight is 316 g/mol. The standard InChI is InChI=1S/C14H24N2O2S2/c1-12(2)15-11-13-7-4-5-8-14(13)20(17,18)16-9-6-10-19-3/h4-5,7-8,12,15-16H,6,9-11H2,1-3H3. The van der Waals surface area contributed by atoms with Gasteiger partial charge in [0.2, 0.25) is 10.0 Å². The minimum atomic E-state index is -3.42. The van der Waals surface area contributed by atoms with Crippen molar-refractivity contribution in [1.82, 2.24) is 10.0 Å². The van der Waals surface area contributed by atoms with Gasteiger partial charge in [0.25, 0.3) is 0 Å². The Balaban J connectivity index is 2.77. The summed E-state index contributed by atoms with van der Waals surface area (Å²) < 4.78 is 27.3. The molecule has 0 atom stereocenters. The van der Waals surface area contributed by atoms with Crippen LogP contribution in [0.2, 0.25) is 0 Å². The summed E-state index contributed by atoms with van der Waals surface area (Å²) in [5.74, 6) is 0.957. The minimum Gasteiger partial charge on any atom is -0.310 e. The van der Waals surface area contributed by atoms with Gasteiger partial charge in [0.05, 0.1) is 4.90 Å². The van der Waals surface area contributed by atoms with E-state index in [4.69, 9.17) is 0 Å². The van der Waals surface area contributed by atoms with Gasteiger partial charge in [0, 0.05) is 19.1 Å². The largest absolute Gasteiger partial charge is 0.310 e. The molecule has 0 bridgehead atoms. The van der Waals surface area contributed by atoms with Crippen molar-refractivity contribution >= 4 is 21.8 Å². The van der Waals surface area contributed by atoms with Crippen molar-refractivity contribution in [3.8, 4) is 0 Å². The summed E-state index contributed by atoms with van der Waals surface area (Å²) >= 11 is 1.72. The van der Waals surface area contributed by atoms with E-state index in [-0.39, 0.29) is 0 Å². The summed E-state index contributed by atoms with van der Waals surface area (Å²) in [4.78, 5) is 0.373. The van der Waals surface area contributed by atoms with Crippen LogP contribution in [0.4, 0.5) is 0 Å². The fraction of sp³-hybridized carbons (Fsp3) is 0.571. The van der Waals surface area contributed by atoms with Gasteiger partial charge >= 0.3 is 0 Å². The molecule has 0 aliphatic rings. The van der Waals surface area contributed by atoms with Crippen molar-refractivity contribution in [2.24, 2.45) is 0 Å². The number of hydrogen-bond donors (Lipinski definition) is 2. The zero-order valence-corrected chi connectivity index (χ0v) is 14.0. The summed E-state index contributed by atoms with van der Waals surface area (Å²) in [6.07, 6.45) is 2.86. The Morgan fingerprint density at radius 3 is 2.60 bits per heavy atom. The topological polar surface area (TPSA) is 58.2 Å². The SMILES string of the molecule is CSCCCNS(=O)(=O)c1ccccc1CNC(C)C. The molecule has 0 aliphatic carbocycles. The highest BCUT2D eigenvalue weighted by molar-refractivity contribution is 7.98. The number of sulfonamides is 1. The van der Waals surface area contributed by atoms with Crippen molar-refractivity contribution in [3.63, 3.8) is 0 Å². The van der Waals surface area contributed by atoms with E-state index in [1.165, 1.54) is 0 Å². The van der Waals surface area contributed by atoms with E-state index in [1.807, 2.05) is 32.2 Å². The zero-order chi connectivity index (χ0) is 15.0. The summed E-state index contributed by atoms with van der Waals surface area (Å²) in [6, 6.07) is 7.46. The number of benzene rings is 1. The molecule has 0 saturated carbocycles. The predicted octanol–water partition coefficient (Wildman–Crippen LogP) is 2.22. The first-order valence-corrected chi connectivity index (χ1v) is 9.65. The Morgan fingerprint density at radius 1 is 1.25 bits per heavy atom. The third-order valence-electron chi connectivity index (χ3n) is 2.78. The Kier molecular flexibility index (Phi) is 7.58. The Bertz CT molecular complexity index is 502. The lowest BCUT2D eigenvalue weighted by Crippen LogP contribution is -2.28. The number of hydrogen-bond acceptors (Lipinski definition) is 4. The lowest BCUT2D eigenvalue weighted by molar-refractivity contribution is 0.568. The second kappa shape index (κ2) is 8.67. The summed E-state index contributed by atoms with van der Waals surface area (Å²) in [5, 5.41) is 3.26. The van der Waals surface area contributed by atoms with Crippen molar-refractivity contribution in [2.75, 3.05) is 18.6 Å². The second-order valence-electron chi connectivity index (χ2n) is 4.89. The fourth-order valence-corrected chi connectivity index (χ4v) is 3.47. The van der Waals surface area contributed by atoms with E-state index >= 15 is 0 Å². The van der Waals surface area contributed by atoms with E-state index in [2.05, 4.69) is 10.0 Å². The van der Waals surface area contributed by atoms with Crippen LogP contribution in [0.15, 0.2) is 29.2 Å². The molecule has 0 amide bonds. The fourth-order valence-electron chi connectivity index (χ4n) is 1.73. The Labute approximate surface area is 126 Å². The van der Waals surface area contributed by atoms with E-state index in [0.29, 0.717) is 24.0 Å². The van der Waals surface area contributed by atoms with E-state index in [0.717, 1.165) is 17.7 Å². The smallest absolute Gasteiger partial charge is 0.240 e. The highest BCUT2D eigenvalue weighted by Crippen LogP contribution is 2.15. The van der Waals surface area contributed by atoms with Gasteiger partial charge in [-0.3, -0.25) is 0 Å². The average Bonchev–Trinajstić information content (AvgIpc) is 2.41. The molecule has 1 aromatic rings. The molecule has 0 aromatic heterocycles. The maximum Gasteiger partial charge on any atom is 0.240 e. The predicted molar refractivity (Wildman–Crippen MR) is 86.6 cm³/mol. The monoisotopic (exact) mass is 316 g/mol. The van der Waals surface area contributed by atoms with Crippen LogP contribution in [-0.4, -0.2) is 33.0 Å². The van der Waals surface area contributed by atoms with Crippen LogP contribution < -0.4 is 10.0 Å².